The average Bonchev–Trinajstić information content (AvgIpc) is 2.93. The van der Waals surface area contributed by atoms with Gasteiger partial charge in [0.05, 0.1) is 5.41 Å². The molecule has 1 fully saturated rings. The summed E-state index contributed by atoms with van der Waals surface area (Å²) in [5.74, 6) is 1.08. The highest BCUT2D eigenvalue weighted by atomic mass is 16.3. The zero-order chi connectivity index (χ0) is 26.4. The van der Waals surface area contributed by atoms with E-state index in [1.54, 1.807) is 48.5 Å². The van der Waals surface area contributed by atoms with E-state index in [2.05, 4.69) is 24.3 Å². The maximum Gasteiger partial charge on any atom is 0.120 e. The van der Waals surface area contributed by atoms with Crippen molar-refractivity contribution in [3.63, 3.8) is 0 Å². The van der Waals surface area contributed by atoms with E-state index in [-0.39, 0.29) is 23.0 Å². The second-order valence-corrected chi connectivity index (χ2v) is 10.8. The van der Waals surface area contributed by atoms with Crippen LogP contribution in [0.1, 0.15) is 67.2 Å². The molecule has 192 valence electrons. The number of fused-ring (bicyclic) bond motifs is 2. The van der Waals surface area contributed by atoms with E-state index < -0.39 is 5.41 Å². The van der Waals surface area contributed by atoms with Gasteiger partial charge in [-0.2, -0.15) is 0 Å². The van der Waals surface area contributed by atoms with E-state index in [9.17, 15) is 20.4 Å². The molecule has 0 aliphatic heterocycles. The molecule has 0 spiro atoms. The van der Waals surface area contributed by atoms with Gasteiger partial charge in [-0.25, -0.2) is 0 Å². The van der Waals surface area contributed by atoms with E-state index >= 15 is 0 Å². The molecule has 5 aromatic rings. The molecule has 0 saturated heterocycles. The normalized spacial score (nSPS) is 14.8. The number of benzene rings is 5. The predicted octanol–water partition coefficient (Wildman–Crippen LogP) is 8.22. The molecule has 4 heteroatoms. The van der Waals surface area contributed by atoms with Crippen LogP contribution in [0.5, 0.6) is 23.0 Å². The SMILES string of the molecule is CC(c1ccc(C2CCCCC2)cc1)(c1c(O)ccc2cc(O)ccc12)c1c(O)ccc2cc(O)ccc12. The van der Waals surface area contributed by atoms with Gasteiger partial charge in [-0.15, -0.1) is 0 Å². The molecule has 0 amide bonds. The summed E-state index contributed by atoms with van der Waals surface area (Å²) in [5, 5.41) is 46.3. The zero-order valence-corrected chi connectivity index (χ0v) is 21.5. The van der Waals surface area contributed by atoms with Gasteiger partial charge in [0.25, 0.3) is 0 Å². The monoisotopic (exact) mass is 504 g/mol. The Balaban J connectivity index is 1.66. The Hall–Kier alpha value is -4.18. The molecule has 0 aromatic heterocycles. The van der Waals surface area contributed by atoms with Crippen molar-refractivity contribution in [3.05, 3.63) is 107 Å². The standard InChI is InChI=1S/C34H32O4/c1-34(25-11-7-22(8-12-25)21-5-3-2-4-6-21,32-28-15-13-26(35)19-23(28)9-17-30(32)37)33-29-16-14-27(36)20-24(29)10-18-31(33)38/h7-21,35-38H,2-6H2,1H3. The molecule has 1 saturated carbocycles. The summed E-state index contributed by atoms with van der Waals surface area (Å²) in [5.41, 5.74) is 2.60. The Morgan fingerprint density at radius 1 is 0.579 bits per heavy atom. The minimum absolute atomic E-state index is 0.109. The van der Waals surface area contributed by atoms with Gasteiger partial charge in [-0.05, 0) is 94.8 Å². The summed E-state index contributed by atoms with van der Waals surface area (Å²) in [6.45, 7) is 2.03. The first kappa shape index (κ1) is 24.2. The number of hydrogen-bond acceptors (Lipinski definition) is 4. The molecule has 0 unspecified atom stereocenters. The topological polar surface area (TPSA) is 80.9 Å². The van der Waals surface area contributed by atoms with Gasteiger partial charge < -0.3 is 20.4 Å². The zero-order valence-electron chi connectivity index (χ0n) is 21.5. The molecule has 0 radical (unpaired) electrons. The Kier molecular flexibility index (Phi) is 5.91. The number of phenolic OH excluding ortho intramolecular Hbond substituents is 4. The summed E-state index contributed by atoms with van der Waals surface area (Å²) >= 11 is 0. The molecule has 38 heavy (non-hydrogen) atoms. The van der Waals surface area contributed by atoms with E-state index in [1.807, 2.05) is 19.1 Å². The Bertz CT molecular complexity index is 1550. The second-order valence-electron chi connectivity index (χ2n) is 10.8. The molecule has 0 atom stereocenters. The van der Waals surface area contributed by atoms with Gasteiger partial charge in [0.15, 0.2) is 0 Å². The maximum atomic E-state index is 11.4. The van der Waals surface area contributed by atoms with Crippen molar-refractivity contribution in [2.75, 3.05) is 0 Å². The van der Waals surface area contributed by atoms with E-state index in [0.29, 0.717) is 17.0 Å². The van der Waals surface area contributed by atoms with E-state index in [4.69, 9.17) is 0 Å². The van der Waals surface area contributed by atoms with Gasteiger partial charge in [0.2, 0.25) is 0 Å². The molecule has 4 N–H and O–H groups in total. The lowest BCUT2D eigenvalue weighted by Crippen LogP contribution is -2.26. The Labute approximate surface area is 222 Å². The summed E-state index contributed by atoms with van der Waals surface area (Å²) in [4.78, 5) is 0. The first-order valence-corrected chi connectivity index (χ1v) is 13.4. The van der Waals surface area contributed by atoms with E-state index in [1.165, 1.54) is 37.7 Å². The van der Waals surface area contributed by atoms with Gasteiger partial charge in [-0.3, -0.25) is 0 Å². The predicted molar refractivity (Wildman–Crippen MR) is 152 cm³/mol. The average molecular weight is 505 g/mol. The van der Waals surface area contributed by atoms with Crippen molar-refractivity contribution in [2.45, 2.75) is 50.4 Å². The van der Waals surface area contributed by atoms with Crippen LogP contribution in [0.25, 0.3) is 21.5 Å². The molecule has 5 aromatic carbocycles. The Morgan fingerprint density at radius 3 is 1.58 bits per heavy atom. The van der Waals surface area contributed by atoms with Crippen LogP contribution < -0.4 is 0 Å². The van der Waals surface area contributed by atoms with Crippen LogP contribution in [0.2, 0.25) is 0 Å². The first-order valence-electron chi connectivity index (χ1n) is 13.4. The quantitative estimate of drug-likeness (QED) is 0.186. The van der Waals surface area contributed by atoms with Crippen LogP contribution in [-0.4, -0.2) is 20.4 Å². The molecular weight excluding hydrogens is 472 g/mol. The molecule has 4 nitrogen and oxygen atoms in total. The van der Waals surface area contributed by atoms with Crippen LogP contribution in [0.15, 0.2) is 84.9 Å². The van der Waals surface area contributed by atoms with Crippen molar-refractivity contribution in [3.8, 4) is 23.0 Å². The smallest absolute Gasteiger partial charge is 0.120 e. The van der Waals surface area contributed by atoms with Crippen molar-refractivity contribution in [1.29, 1.82) is 0 Å². The van der Waals surface area contributed by atoms with Crippen molar-refractivity contribution >= 4 is 21.5 Å². The highest BCUT2D eigenvalue weighted by Gasteiger charge is 2.39. The number of hydrogen-bond donors (Lipinski definition) is 4. The number of phenols is 4. The molecule has 1 aliphatic rings. The van der Waals surface area contributed by atoms with Gasteiger partial charge >= 0.3 is 0 Å². The van der Waals surface area contributed by atoms with Crippen molar-refractivity contribution in [2.24, 2.45) is 0 Å². The molecular formula is C34H32O4. The second kappa shape index (κ2) is 9.29. The summed E-state index contributed by atoms with van der Waals surface area (Å²) in [6, 6.07) is 25.8. The van der Waals surface area contributed by atoms with Crippen LogP contribution in [0, 0.1) is 0 Å². The fraction of sp³-hybridized carbons (Fsp3) is 0.235. The minimum atomic E-state index is -0.966. The summed E-state index contributed by atoms with van der Waals surface area (Å²) in [7, 11) is 0. The van der Waals surface area contributed by atoms with Crippen molar-refractivity contribution < 1.29 is 20.4 Å². The summed E-state index contributed by atoms with van der Waals surface area (Å²) < 4.78 is 0. The third kappa shape index (κ3) is 3.92. The number of rotatable bonds is 4. The molecule has 1 aliphatic carbocycles. The minimum Gasteiger partial charge on any atom is -0.508 e. The third-order valence-corrected chi connectivity index (χ3v) is 8.53. The molecule has 6 rings (SSSR count). The Morgan fingerprint density at radius 2 is 1.08 bits per heavy atom. The van der Waals surface area contributed by atoms with Crippen LogP contribution >= 0.6 is 0 Å². The fourth-order valence-corrected chi connectivity index (χ4v) is 6.60. The fourth-order valence-electron chi connectivity index (χ4n) is 6.60. The molecule has 0 heterocycles. The highest BCUT2D eigenvalue weighted by Crippen LogP contribution is 2.51. The number of aromatic hydroxyl groups is 4. The van der Waals surface area contributed by atoms with Crippen LogP contribution in [-0.2, 0) is 5.41 Å². The third-order valence-electron chi connectivity index (χ3n) is 8.53. The lowest BCUT2D eigenvalue weighted by Gasteiger charge is -2.35. The van der Waals surface area contributed by atoms with Crippen LogP contribution in [0.3, 0.4) is 0 Å². The molecule has 0 bridgehead atoms. The lowest BCUT2D eigenvalue weighted by atomic mass is 9.67. The first-order chi connectivity index (χ1) is 18.4. The largest absolute Gasteiger partial charge is 0.508 e. The van der Waals surface area contributed by atoms with Crippen molar-refractivity contribution in [1.82, 2.24) is 0 Å². The lowest BCUT2D eigenvalue weighted by molar-refractivity contribution is 0.441. The summed E-state index contributed by atoms with van der Waals surface area (Å²) in [6.07, 6.45) is 6.24. The van der Waals surface area contributed by atoms with Gasteiger partial charge in [-0.1, -0.05) is 67.8 Å². The van der Waals surface area contributed by atoms with Crippen LogP contribution in [0.4, 0.5) is 0 Å². The van der Waals surface area contributed by atoms with Gasteiger partial charge in [0.1, 0.15) is 23.0 Å². The highest BCUT2D eigenvalue weighted by molar-refractivity contribution is 5.95. The van der Waals surface area contributed by atoms with Gasteiger partial charge in [0, 0.05) is 11.1 Å². The van der Waals surface area contributed by atoms with E-state index in [0.717, 1.165) is 27.1 Å². The maximum absolute atomic E-state index is 11.4.